The second-order valence-electron chi connectivity index (χ2n) is 4.21. The van der Waals surface area contributed by atoms with Crippen molar-refractivity contribution in [3.63, 3.8) is 0 Å². The Labute approximate surface area is 129 Å². The molecular weight excluding hydrogens is 326 g/mol. The fourth-order valence-corrected chi connectivity index (χ4v) is 2.92. The van der Waals surface area contributed by atoms with Gasteiger partial charge in [-0.1, -0.05) is 0 Å². The second-order valence-corrected chi connectivity index (χ2v) is 7.03. The minimum absolute atomic E-state index is 0. The van der Waals surface area contributed by atoms with Crippen molar-refractivity contribution in [3.05, 3.63) is 0 Å². The molecule has 1 atom stereocenters. The second kappa shape index (κ2) is 8.55. The van der Waals surface area contributed by atoms with Gasteiger partial charge in [0.15, 0.2) is 0 Å². The summed E-state index contributed by atoms with van der Waals surface area (Å²) in [5, 5.41) is 9.87. The maximum absolute atomic E-state index is 11.8. The van der Waals surface area contributed by atoms with Gasteiger partial charge in [0.05, 0.1) is 18.2 Å². The van der Waals surface area contributed by atoms with E-state index in [0.29, 0.717) is 12.3 Å². The molecule has 1 unspecified atom stereocenters. The van der Waals surface area contributed by atoms with E-state index >= 15 is 0 Å². The molecule has 0 radical (unpaired) electrons. The van der Waals surface area contributed by atoms with Crippen LogP contribution in [0.2, 0.25) is 0 Å². The highest BCUT2D eigenvalue weighted by Gasteiger charge is 2.23. The first kappa shape index (κ1) is 19.3. The van der Waals surface area contributed by atoms with Crippen LogP contribution in [0.25, 0.3) is 0 Å². The maximum Gasteiger partial charge on any atom is 0.240 e. The molecule has 0 spiro atoms. The van der Waals surface area contributed by atoms with Crippen LogP contribution in [0, 0.1) is 5.41 Å². The van der Waals surface area contributed by atoms with Crippen LogP contribution in [0.3, 0.4) is 0 Å². The lowest BCUT2D eigenvalue weighted by Gasteiger charge is -2.19. The summed E-state index contributed by atoms with van der Waals surface area (Å²) in [6, 6.07) is -0.628. The zero-order valence-corrected chi connectivity index (χ0v) is 13.5. The van der Waals surface area contributed by atoms with Gasteiger partial charge in [-0.15, -0.1) is 24.2 Å². The fraction of sp³-hybridized carbons (Fsp3) is 0.778. The number of nitrogens with zero attached hydrogens (tertiary/aromatic N) is 1. The summed E-state index contributed by atoms with van der Waals surface area (Å²) in [6.45, 7) is 0.978. The van der Waals surface area contributed by atoms with Gasteiger partial charge in [-0.3, -0.25) is 14.9 Å². The largest absolute Gasteiger partial charge is 0.356 e. The van der Waals surface area contributed by atoms with Crippen LogP contribution in [0.15, 0.2) is 0 Å². The molecule has 1 amide bonds. The van der Waals surface area contributed by atoms with E-state index in [1.807, 2.05) is 4.72 Å². The quantitative estimate of drug-likeness (QED) is 0.363. The third-order valence-electron chi connectivity index (χ3n) is 2.43. The Morgan fingerprint density at radius 3 is 2.70 bits per heavy atom. The van der Waals surface area contributed by atoms with Crippen LogP contribution in [0.1, 0.15) is 6.42 Å². The van der Waals surface area contributed by atoms with Crippen molar-refractivity contribution in [2.75, 3.05) is 31.0 Å². The highest BCUT2D eigenvalue weighted by Crippen LogP contribution is 2.14. The molecule has 1 rings (SSSR count). The monoisotopic (exact) mass is 345 g/mol. The number of hydrogen-bond donors (Lipinski definition) is 4. The first-order chi connectivity index (χ1) is 8.79. The van der Waals surface area contributed by atoms with Gasteiger partial charge < -0.3 is 16.0 Å². The maximum atomic E-state index is 11.8. The number of nitrogens with one attached hydrogen (secondary N) is 3. The van der Waals surface area contributed by atoms with Crippen molar-refractivity contribution in [2.24, 2.45) is 5.73 Å². The lowest BCUT2D eigenvalue weighted by atomic mass is 10.2. The summed E-state index contributed by atoms with van der Waals surface area (Å²) < 4.78 is 23.7. The highest BCUT2D eigenvalue weighted by molar-refractivity contribution is 7.99. The van der Waals surface area contributed by atoms with Gasteiger partial charge >= 0.3 is 0 Å². The topological polar surface area (TPSA) is 128 Å². The summed E-state index contributed by atoms with van der Waals surface area (Å²) in [4.78, 5) is 13.5. The molecule has 1 aliphatic heterocycles. The molecule has 118 valence electrons. The van der Waals surface area contributed by atoms with Gasteiger partial charge in [0, 0.05) is 18.8 Å². The molecular formula is C9H20ClN5O3S2. The minimum Gasteiger partial charge on any atom is -0.356 e. The molecule has 0 aromatic rings. The van der Waals surface area contributed by atoms with Crippen LogP contribution in [0.5, 0.6) is 0 Å². The molecule has 0 bridgehead atoms. The molecule has 0 aromatic carbocycles. The van der Waals surface area contributed by atoms with Gasteiger partial charge in [-0.25, -0.2) is 8.42 Å². The van der Waals surface area contributed by atoms with E-state index in [0.717, 1.165) is 18.6 Å². The minimum atomic E-state index is -3.45. The van der Waals surface area contributed by atoms with Crippen molar-refractivity contribution in [3.8, 4) is 0 Å². The molecule has 1 saturated heterocycles. The summed E-state index contributed by atoms with van der Waals surface area (Å²) in [5.74, 6) is 1.18. The molecule has 0 saturated carbocycles. The molecule has 1 aliphatic rings. The van der Waals surface area contributed by atoms with Crippen LogP contribution in [-0.2, 0) is 14.8 Å². The fourth-order valence-electron chi connectivity index (χ4n) is 1.52. The standard InChI is InChI=1S/C9H19N5O3S2.ClH/c1-19(16,17)13-9(11)12-3-2-7(10)8(15)14-4-5-18-6-14;/h7H,2-6,10H2,1H3,(H3,11,12,13);1H. The first-order valence-corrected chi connectivity index (χ1v) is 8.76. The van der Waals surface area contributed by atoms with E-state index in [9.17, 15) is 13.2 Å². The number of carbonyl (C=O) groups is 1. The first-order valence-electron chi connectivity index (χ1n) is 5.72. The van der Waals surface area contributed by atoms with Crippen molar-refractivity contribution < 1.29 is 13.2 Å². The average molecular weight is 346 g/mol. The predicted molar refractivity (Wildman–Crippen MR) is 82.6 cm³/mol. The molecule has 11 heteroatoms. The molecule has 8 nitrogen and oxygen atoms in total. The van der Waals surface area contributed by atoms with Crippen molar-refractivity contribution in [2.45, 2.75) is 12.5 Å². The van der Waals surface area contributed by atoms with Gasteiger partial charge in [0.2, 0.25) is 21.9 Å². The van der Waals surface area contributed by atoms with Gasteiger partial charge in [-0.2, -0.15) is 0 Å². The van der Waals surface area contributed by atoms with Crippen molar-refractivity contribution in [1.29, 1.82) is 5.41 Å². The molecule has 1 heterocycles. The number of amides is 1. The summed E-state index contributed by atoms with van der Waals surface area (Å²) in [5.41, 5.74) is 5.76. The summed E-state index contributed by atoms with van der Waals surface area (Å²) in [7, 11) is -3.45. The Balaban J connectivity index is 0.00000361. The Morgan fingerprint density at radius 2 is 2.20 bits per heavy atom. The molecule has 20 heavy (non-hydrogen) atoms. The van der Waals surface area contributed by atoms with Gasteiger partial charge in [0.25, 0.3) is 0 Å². The lowest BCUT2D eigenvalue weighted by molar-refractivity contribution is -0.131. The van der Waals surface area contributed by atoms with Crippen LogP contribution in [0.4, 0.5) is 0 Å². The Bertz CT molecular complexity index is 439. The molecule has 5 N–H and O–H groups in total. The predicted octanol–water partition coefficient (Wildman–Crippen LogP) is -1.27. The van der Waals surface area contributed by atoms with Gasteiger partial charge in [0.1, 0.15) is 0 Å². The summed E-state index contributed by atoms with van der Waals surface area (Å²) >= 11 is 1.69. The van der Waals surface area contributed by atoms with E-state index in [1.165, 1.54) is 0 Å². The lowest BCUT2D eigenvalue weighted by Crippen LogP contribution is -2.45. The van der Waals surface area contributed by atoms with Crippen LogP contribution < -0.4 is 15.8 Å². The normalized spacial score (nSPS) is 16.2. The van der Waals surface area contributed by atoms with Crippen molar-refractivity contribution >= 4 is 46.1 Å². The Morgan fingerprint density at radius 1 is 1.55 bits per heavy atom. The van der Waals surface area contributed by atoms with Crippen molar-refractivity contribution in [1.82, 2.24) is 14.9 Å². The van der Waals surface area contributed by atoms with E-state index < -0.39 is 16.1 Å². The number of thioether (sulfide) groups is 1. The number of halogens is 1. The smallest absolute Gasteiger partial charge is 0.240 e. The SMILES string of the molecule is CS(=O)(=O)NC(=N)NCCC(N)C(=O)N1CCSC1.Cl. The molecule has 0 aliphatic carbocycles. The van der Waals surface area contributed by atoms with Crippen LogP contribution in [-0.4, -0.2) is 62.2 Å². The number of hydrogen-bond acceptors (Lipinski definition) is 6. The van der Waals surface area contributed by atoms with Gasteiger partial charge in [-0.05, 0) is 6.42 Å². The average Bonchev–Trinajstić information content (AvgIpc) is 2.78. The number of carbonyl (C=O) groups excluding carboxylic acids is 1. The number of guanidine groups is 1. The zero-order valence-electron chi connectivity index (χ0n) is 11.1. The van der Waals surface area contributed by atoms with E-state index in [-0.39, 0.29) is 30.8 Å². The molecule has 1 fully saturated rings. The number of rotatable bonds is 5. The van der Waals surface area contributed by atoms with E-state index in [2.05, 4.69) is 5.32 Å². The van der Waals surface area contributed by atoms with E-state index in [4.69, 9.17) is 11.1 Å². The third kappa shape index (κ3) is 7.17. The van der Waals surface area contributed by atoms with Crippen LogP contribution >= 0.6 is 24.2 Å². The number of nitrogens with two attached hydrogens (primary N) is 1. The Kier molecular flexibility index (Phi) is 8.25. The van der Waals surface area contributed by atoms with E-state index in [1.54, 1.807) is 16.7 Å². The highest BCUT2D eigenvalue weighted by atomic mass is 35.5. The zero-order chi connectivity index (χ0) is 14.5. The third-order valence-corrected chi connectivity index (χ3v) is 3.97. The Hall–Kier alpha value is -0.710. The molecule has 0 aromatic heterocycles. The number of sulfonamides is 1. The summed E-state index contributed by atoms with van der Waals surface area (Å²) in [6.07, 6.45) is 1.30.